The quantitative estimate of drug-likeness (QED) is 0.905. The first kappa shape index (κ1) is 14.6. The standard InChI is InChI=1S/C17H19N3O2S/c1-9-4-5-23-15(9)17(22)18-12-6-11(7-12)13-8-14(21)20-16(19-13)10-2-3-10/h4-5,8,10-12H,2-3,6-7H2,1H3,(H,18,22)(H,19,20,21). The molecule has 0 aromatic carbocycles. The van der Waals surface area contributed by atoms with Crippen LogP contribution >= 0.6 is 11.3 Å². The SMILES string of the molecule is Cc1ccsc1C(=O)NC1CC(c2cc(=O)[nH]c(C3CC3)n2)C1. The van der Waals surface area contributed by atoms with Crippen molar-refractivity contribution in [2.24, 2.45) is 0 Å². The average Bonchev–Trinajstić information content (AvgIpc) is 3.23. The van der Waals surface area contributed by atoms with Crippen LogP contribution in [0.3, 0.4) is 0 Å². The molecule has 6 heteroatoms. The number of nitrogens with one attached hydrogen (secondary N) is 2. The van der Waals surface area contributed by atoms with Crippen molar-refractivity contribution in [1.82, 2.24) is 15.3 Å². The summed E-state index contributed by atoms with van der Waals surface area (Å²) in [7, 11) is 0. The number of carbonyl (C=O) groups excluding carboxylic acids is 1. The van der Waals surface area contributed by atoms with Gasteiger partial charge in [-0.3, -0.25) is 9.59 Å². The molecule has 23 heavy (non-hydrogen) atoms. The van der Waals surface area contributed by atoms with E-state index in [9.17, 15) is 9.59 Å². The summed E-state index contributed by atoms with van der Waals surface area (Å²) < 4.78 is 0. The van der Waals surface area contributed by atoms with E-state index in [2.05, 4.69) is 15.3 Å². The number of thiophene rings is 1. The fourth-order valence-electron chi connectivity index (χ4n) is 3.09. The number of hydrogen-bond acceptors (Lipinski definition) is 4. The molecule has 0 atom stereocenters. The number of hydrogen-bond donors (Lipinski definition) is 2. The molecule has 120 valence electrons. The van der Waals surface area contributed by atoms with Crippen LogP contribution in [-0.4, -0.2) is 21.9 Å². The number of rotatable bonds is 4. The van der Waals surface area contributed by atoms with Crippen molar-refractivity contribution in [3.8, 4) is 0 Å². The number of nitrogens with zero attached hydrogens (tertiary/aromatic N) is 1. The molecule has 2 fully saturated rings. The minimum absolute atomic E-state index is 0.0125. The Balaban J connectivity index is 1.39. The minimum Gasteiger partial charge on any atom is -0.349 e. The second-order valence-electron chi connectivity index (χ2n) is 6.60. The number of H-pyrrole nitrogens is 1. The van der Waals surface area contributed by atoms with E-state index in [0.717, 1.165) is 47.6 Å². The summed E-state index contributed by atoms with van der Waals surface area (Å²) in [6, 6.07) is 3.75. The van der Waals surface area contributed by atoms with Gasteiger partial charge in [-0.2, -0.15) is 0 Å². The summed E-state index contributed by atoms with van der Waals surface area (Å²) in [6.07, 6.45) is 3.96. The predicted octanol–water partition coefficient (Wildman–Crippen LogP) is 2.69. The second kappa shape index (κ2) is 5.60. The van der Waals surface area contributed by atoms with E-state index in [1.165, 1.54) is 11.3 Å². The predicted molar refractivity (Wildman–Crippen MR) is 89.1 cm³/mol. The van der Waals surface area contributed by atoms with Crippen LogP contribution in [-0.2, 0) is 0 Å². The Kier molecular flexibility index (Phi) is 3.56. The summed E-state index contributed by atoms with van der Waals surface area (Å²) >= 11 is 1.48. The first-order valence-electron chi connectivity index (χ1n) is 8.06. The van der Waals surface area contributed by atoms with Crippen molar-refractivity contribution in [2.45, 2.75) is 50.5 Å². The third-order valence-corrected chi connectivity index (χ3v) is 5.72. The van der Waals surface area contributed by atoms with E-state index in [4.69, 9.17) is 0 Å². The fourth-order valence-corrected chi connectivity index (χ4v) is 3.92. The Hall–Kier alpha value is -1.95. The maximum absolute atomic E-state index is 12.2. The fraction of sp³-hybridized carbons (Fsp3) is 0.471. The van der Waals surface area contributed by atoms with Crippen molar-refractivity contribution in [1.29, 1.82) is 0 Å². The largest absolute Gasteiger partial charge is 0.349 e. The minimum atomic E-state index is -0.0569. The monoisotopic (exact) mass is 329 g/mol. The van der Waals surface area contributed by atoms with Gasteiger partial charge in [0.15, 0.2) is 0 Å². The lowest BCUT2D eigenvalue weighted by molar-refractivity contribution is 0.0911. The summed E-state index contributed by atoms with van der Waals surface area (Å²) in [5.41, 5.74) is 1.85. The Morgan fingerprint density at radius 1 is 1.35 bits per heavy atom. The normalized spacial score (nSPS) is 23.3. The summed E-state index contributed by atoms with van der Waals surface area (Å²) in [4.78, 5) is 32.2. The topological polar surface area (TPSA) is 74.8 Å². The number of carbonyl (C=O) groups is 1. The molecule has 2 heterocycles. The third kappa shape index (κ3) is 2.95. The molecule has 0 saturated heterocycles. The van der Waals surface area contributed by atoms with Crippen LogP contribution < -0.4 is 10.9 Å². The van der Waals surface area contributed by atoms with E-state index < -0.39 is 0 Å². The average molecular weight is 329 g/mol. The van der Waals surface area contributed by atoms with Gasteiger partial charge in [0.2, 0.25) is 0 Å². The highest BCUT2D eigenvalue weighted by Gasteiger charge is 2.34. The second-order valence-corrected chi connectivity index (χ2v) is 7.52. The zero-order chi connectivity index (χ0) is 16.0. The van der Waals surface area contributed by atoms with Crippen LogP contribution in [0, 0.1) is 6.92 Å². The van der Waals surface area contributed by atoms with Crippen LogP contribution in [0.25, 0.3) is 0 Å². The molecular weight excluding hydrogens is 310 g/mol. The molecule has 2 aromatic heterocycles. The summed E-state index contributed by atoms with van der Waals surface area (Å²) in [5, 5.41) is 5.02. The Morgan fingerprint density at radius 3 is 2.78 bits per heavy atom. The van der Waals surface area contributed by atoms with Crippen molar-refractivity contribution >= 4 is 17.2 Å². The van der Waals surface area contributed by atoms with Crippen LogP contribution in [0.5, 0.6) is 0 Å². The van der Waals surface area contributed by atoms with Crippen LogP contribution in [0.2, 0.25) is 0 Å². The lowest BCUT2D eigenvalue weighted by Gasteiger charge is -2.35. The smallest absolute Gasteiger partial charge is 0.261 e. The van der Waals surface area contributed by atoms with Crippen molar-refractivity contribution in [2.75, 3.05) is 0 Å². The molecule has 4 rings (SSSR count). The van der Waals surface area contributed by atoms with Gasteiger partial charge in [-0.25, -0.2) is 4.98 Å². The number of aromatic amines is 1. The van der Waals surface area contributed by atoms with Crippen molar-refractivity contribution in [3.05, 3.63) is 49.8 Å². The zero-order valence-corrected chi connectivity index (χ0v) is 13.8. The summed E-state index contributed by atoms with van der Waals surface area (Å²) in [5.74, 6) is 1.58. The summed E-state index contributed by atoms with van der Waals surface area (Å²) in [6.45, 7) is 1.95. The number of aromatic nitrogens is 2. The van der Waals surface area contributed by atoms with E-state index in [-0.39, 0.29) is 23.4 Å². The molecule has 2 aliphatic rings. The van der Waals surface area contributed by atoms with E-state index in [1.807, 2.05) is 18.4 Å². The van der Waals surface area contributed by atoms with Crippen molar-refractivity contribution in [3.63, 3.8) is 0 Å². The molecular formula is C17H19N3O2S. The molecule has 0 aliphatic heterocycles. The van der Waals surface area contributed by atoms with Gasteiger partial charge in [0.05, 0.1) is 10.6 Å². The number of aryl methyl sites for hydroxylation is 1. The van der Waals surface area contributed by atoms with Crippen LogP contribution in [0.4, 0.5) is 0 Å². The molecule has 1 amide bonds. The van der Waals surface area contributed by atoms with E-state index in [1.54, 1.807) is 6.07 Å². The van der Waals surface area contributed by atoms with E-state index >= 15 is 0 Å². The highest BCUT2D eigenvalue weighted by atomic mass is 32.1. The van der Waals surface area contributed by atoms with E-state index in [0.29, 0.717) is 5.92 Å². The first-order chi connectivity index (χ1) is 11.1. The molecule has 2 saturated carbocycles. The number of amides is 1. The highest BCUT2D eigenvalue weighted by Crippen LogP contribution is 2.40. The van der Waals surface area contributed by atoms with Gasteiger partial charge < -0.3 is 10.3 Å². The highest BCUT2D eigenvalue weighted by molar-refractivity contribution is 7.12. The van der Waals surface area contributed by atoms with Crippen LogP contribution in [0.15, 0.2) is 22.3 Å². The van der Waals surface area contributed by atoms with Gasteiger partial charge in [0.1, 0.15) is 5.82 Å². The lowest BCUT2D eigenvalue weighted by Crippen LogP contribution is -2.43. The van der Waals surface area contributed by atoms with Crippen LogP contribution in [0.1, 0.15) is 64.3 Å². The molecule has 0 spiro atoms. The molecule has 2 aromatic rings. The van der Waals surface area contributed by atoms with Gasteiger partial charge in [-0.15, -0.1) is 11.3 Å². The van der Waals surface area contributed by atoms with Gasteiger partial charge in [-0.05, 0) is 49.6 Å². The molecule has 2 N–H and O–H groups in total. The molecule has 0 bridgehead atoms. The lowest BCUT2D eigenvalue weighted by atomic mass is 9.78. The molecule has 5 nitrogen and oxygen atoms in total. The van der Waals surface area contributed by atoms with Gasteiger partial charge in [-0.1, -0.05) is 0 Å². The third-order valence-electron chi connectivity index (χ3n) is 4.70. The zero-order valence-electron chi connectivity index (χ0n) is 13.0. The Bertz CT molecular complexity index is 800. The van der Waals surface area contributed by atoms with Gasteiger partial charge >= 0.3 is 0 Å². The molecule has 0 radical (unpaired) electrons. The Labute approximate surface area is 138 Å². The van der Waals surface area contributed by atoms with Gasteiger partial charge in [0.25, 0.3) is 11.5 Å². The first-order valence-corrected chi connectivity index (χ1v) is 8.94. The maximum Gasteiger partial charge on any atom is 0.261 e. The Morgan fingerprint density at radius 2 is 2.13 bits per heavy atom. The van der Waals surface area contributed by atoms with Crippen molar-refractivity contribution < 1.29 is 4.79 Å². The molecule has 0 unspecified atom stereocenters. The van der Waals surface area contributed by atoms with Gasteiger partial charge in [0, 0.05) is 23.9 Å². The maximum atomic E-state index is 12.2. The molecule has 2 aliphatic carbocycles.